The largest absolute Gasteiger partial charge is 0.332 e. The zero-order chi connectivity index (χ0) is 23.2. The second-order valence-electron chi connectivity index (χ2n) is 6.57. The fourth-order valence-corrected chi connectivity index (χ4v) is 2.99. The second-order valence-corrected chi connectivity index (χ2v) is 7.44. The quantitative estimate of drug-likeness (QED) is 0.474. The lowest BCUT2D eigenvalue weighted by molar-refractivity contribution is -0.143. The fraction of sp³-hybridized carbons (Fsp3) is 0.261. The van der Waals surface area contributed by atoms with Crippen molar-refractivity contribution in [3.8, 4) is 0 Å². The van der Waals surface area contributed by atoms with Crippen LogP contribution in [0, 0.1) is 5.92 Å². The van der Waals surface area contributed by atoms with Crippen LogP contribution < -0.4 is 5.32 Å². The van der Waals surface area contributed by atoms with Crippen LogP contribution in [0.1, 0.15) is 19.8 Å². The summed E-state index contributed by atoms with van der Waals surface area (Å²) in [6.45, 7) is 4.70. The van der Waals surface area contributed by atoms with E-state index in [1.54, 1.807) is 30.3 Å². The van der Waals surface area contributed by atoms with E-state index >= 15 is 0 Å². The lowest BCUT2D eigenvalue weighted by Crippen LogP contribution is -2.45. The SMILES string of the molecule is C=CC.Clc1ccccc1.O=C(F)CN1CC(C(=O)Nc2cccc(Cl)c2)CCC1=O. The first kappa shape index (κ1) is 26.3. The molecule has 0 radical (unpaired) electrons. The Morgan fingerprint density at radius 1 is 1.16 bits per heavy atom. The topological polar surface area (TPSA) is 66.5 Å². The summed E-state index contributed by atoms with van der Waals surface area (Å²) in [6.07, 6.45) is 2.25. The van der Waals surface area contributed by atoms with Gasteiger partial charge < -0.3 is 10.2 Å². The maximum atomic E-state index is 12.4. The smallest absolute Gasteiger partial charge is 0.320 e. The van der Waals surface area contributed by atoms with Gasteiger partial charge in [0.05, 0.1) is 5.92 Å². The first-order valence-electron chi connectivity index (χ1n) is 9.57. The number of hydrogen-bond acceptors (Lipinski definition) is 3. The van der Waals surface area contributed by atoms with Crippen LogP contribution in [0.5, 0.6) is 0 Å². The van der Waals surface area contributed by atoms with Gasteiger partial charge in [0, 0.05) is 28.7 Å². The van der Waals surface area contributed by atoms with Gasteiger partial charge in [0.25, 0.3) is 0 Å². The molecule has 2 amide bonds. The number of nitrogens with one attached hydrogen (secondary N) is 1. The highest BCUT2D eigenvalue weighted by atomic mass is 35.5. The van der Waals surface area contributed by atoms with Crippen LogP contribution in [0.4, 0.5) is 10.1 Å². The molecule has 1 unspecified atom stereocenters. The van der Waals surface area contributed by atoms with Crippen LogP contribution in [0.2, 0.25) is 10.0 Å². The standard InChI is InChI=1S/C14H14ClFN2O3.C6H5Cl.C3H6/c15-10-2-1-3-11(6-10)17-14(21)9-4-5-13(20)18(7-9)8-12(16)19;7-6-4-2-1-3-5-6;1-3-2/h1-3,6,9H,4-5,7-8H2,(H,17,21);1-5H;3H,1H2,2H3. The molecular weight excluding hydrogens is 442 g/mol. The molecule has 1 fully saturated rings. The Bertz CT molecular complexity index is 878. The predicted molar refractivity (Wildman–Crippen MR) is 123 cm³/mol. The third-order valence-electron chi connectivity index (χ3n) is 4.01. The molecule has 2 aromatic carbocycles. The lowest BCUT2D eigenvalue weighted by Gasteiger charge is -2.30. The number of nitrogens with zero attached hydrogens (tertiary/aromatic N) is 1. The summed E-state index contributed by atoms with van der Waals surface area (Å²) in [6, 6.07) is 14.6. The first-order chi connectivity index (χ1) is 14.8. The first-order valence-corrected chi connectivity index (χ1v) is 10.3. The molecule has 1 N–H and O–H groups in total. The third kappa shape index (κ3) is 10.8. The maximum absolute atomic E-state index is 12.4. The molecule has 5 nitrogen and oxygen atoms in total. The van der Waals surface area contributed by atoms with Gasteiger partial charge in [-0.3, -0.25) is 14.4 Å². The molecule has 2 aromatic rings. The van der Waals surface area contributed by atoms with Crippen LogP contribution >= 0.6 is 23.2 Å². The van der Waals surface area contributed by atoms with Gasteiger partial charge in [-0.05, 0) is 43.7 Å². The Hall–Kier alpha value is -2.70. The number of amides is 2. The minimum Gasteiger partial charge on any atom is -0.332 e. The van der Waals surface area contributed by atoms with Crippen molar-refractivity contribution >= 4 is 46.7 Å². The van der Waals surface area contributed by atoms with Crippen LogP contribution in [-0.4, -0.2) is 35.8 Å². The zero-order valence-electron chi connectivity index (χ0n) is 17.2. The van der Waals surface area contributed by atoms with Crippen LogP contribution in [0.25, 0.3) is 0 Å². The van der Waals surface area contributed by atoms with E-state index in [9.17, 15) is 18.8 Å². The number of piperidine rings is 1. The summed E-state index contributed by atoms with van der Waals surface area (Å²) in [5.74, 6) is -1.06. The number of halogens is 3. The predicted octanol–water partition coefficient (Wildman–Crippen LogP) is 5.55. The minimum absolute atomic E-state index is 0.0426. The summed E-state index contributed by atoms with van der Waals surface area (Å²) in [4.78, 5) is 35.3. The van der Waals surface area contributed by atoms with E-state index in [0.717, 1.165) is 9.92 Å². The monoisotopic (exact) mass is 466 g/mol. The molecule has 8 heteroatoms. The molecule has 0 saturated carbocycles. The van der Waals surface area contributed by atoms with Gasteiger partial charge in [-0.25, -0.2) is 0 Å². The molecule has 0 aromatic heterocycles. The number of carbonyl (C=O) groups excluding carboxylic acids is 3. The Balaban J connectivity index is 0.000000397. The van der Waals surface area contributed by atoms with Crippen LogP contribution in [-0.2, 0) is 14.4 Å². The van der Waals surface area contributed by atoms with E-state index in [2.05, 4.69) is 11.9 Å². The van der Waals surface area contributed by atoms with Gasteiger partial charge in [-0.15, -0.1) is 6.58 Å². The molecule has 1 atom stereocenters. The number of carbonyl (C=O) groups is 3. The normalized spacial score (nSPS) is 14.9. The third-order valence-corrected chi connectivity index (χ3v) is 4.50. The molecule has 0 aliphatic carbocycles. The summed E-state index contributed by atoms with van der Waals surface area (Å²) >= 11 is 11.4. The summed E-state index contributed by atoms with van der Waals surface area (Å²) in [7, 11) is 0. The molecule has 3 rings (SSSR count). The van der Waals surface area contributed by atoms with Crippen molar-refractivity contribution in [2.75, 3.05) is 18.4 Å². The molecule has 1 aliphatic heterocycles. The number of rotatable bonds is 4. The highest BCUT2D eigenvalue weighted by Gasteiger charge is 2.31. The van der Waals surface area contributed by atoms with Crippen LogP contribution in [0.3, 0.4) is 0 Å². The van der Waals surface area contributed by atoms with Crippen molar-refractivity contribution in [3.05, 3.63) is 77.3 Å². The van der Waals surface area contributed by atoms with Crippen molar-refractivity contribution < 1.29 is 18.8 Å². The Morgan fingerprint density at radius 3 is 2.29 bits per heavy atom. The molecule has 1 heterocycles. The number of hydrogen-bond donors (Lipinski definition) is 1. The van der Waals surface area contributed by atoms with E-state index in [0.29, 0.717) is 17.1 Å². The second kappa shape index (κ2) is 14.3. The number of allylic oxidation sites excluding steroid dienone is 1. The van der Waals surface area contributed by atoms with Gasteiger partial charge in [0.2, 0.25) is 11.8 Å². The van der Waals surface area contributed by atoms with Gasteiger partial charge in [-0.2, -0.15) is 4.39 Å². The Morgan fingerprint density at radius 2 is 1.77 bits per heavy atom. The average Bonchev–Trinajstić information content (AvgIpc) is 2.71. The molecular formula is C23H25Cl2FN2O3. The van der Waals surface area contributed by atoms with Crippen molar-refractivity contribution in [1.29, 1.82) is 0 Å². The van der Waals surface area contributed by atoms with Gasteiger partial charge in [0.15, 0.2) is 0 Å². The molecule has 1 saturated heterocycles. The number of likely N-dealkylation sites (tertiary alicyclic amines) is 1. The van der Waals surface area contributed by atoms with Crippen molar-refractivity contribution in [3.63, 3.8) is 0 Å². The summed E-state index contributed by atoms with van der Waals surface area (Å²) in [5.41, 5.74) is 0.553. The van der Waals surface area contributed by atoms with Crippen molar-refractivity contribution in [2.24, 2.45) is 5.92 Å². The van der Waals surface area contributed by atoms with Crippen LogP contribution in [0.15, 0.2) is 67.3 Å². The zero-order valence-corrected chi connectivity index (χ0v) is 18.7. The molecule has 0 bridgehead atoms. The molecule has 1 aliphatic rings. The van der Waals surface area contributed by atoms with Gasteiger partial charge >= 0.3 is 6.04 Å². The molecule has 0 spiro atoms. The van der Waals surface area contributed by atoms with Gasteiger partial charge in [-0.1, -0.05) is 53.5 Å². The summed E-state index contributed by atoms with van der Waals surface area (Å²) in [5, 5.41) is 3.99. The number of benzene rings is 2. The van der Waals surface area contributed by atoms with Crippen molar-refractivity contribution in [1.82, 2.24) is 4.90 Å². The summed E-state index contributed by atoms with van der Waals surface area (Å²) < 4.78 is 12.4. The minimum atomic E-state index is -1.58. The highest BCUT2D eigenvalue weighted by Crippen LogP contribution is 2.21. The maximum Gasteiger partial charge on any atom is 0.320 e. The van der Waals surface area contributed by atoms with E-state index in [-0.39, 0.29) is 24.8 Å². The molecule has 31 heavy (non-hydrogen) atoms. The van der Waals surface area contributed by atoms with Gasteiger partial charge in [0.1, 0.15) is 6.54 Å². The Kier molecular flexibility index (Phi) is 12.2. The lowest BCUT2D eigenvalue weighted by atomic mass is 9.96. The van der Waals surface area contributed by atoms with E-state index in [4.69, 9.17) is 23.2 Å². The van der Waals surface area contributed by atoms with E-state index < -0.39 is 18.5 Å². The Labute approximate surface area is 191 Å². The average molecular weight is 467 g/mol. The number of anilines is 1. The highest BCUT2D eigenvalue weighted by molar-refractivity contribution is 6.31. The van der Waals surface area contributed by atoms with E-state index in [1.165, 1.54) is 0 Å². The fourth-order valence-electron chi connectivity index (χ4n) is 2.66. The van der Waals surface area contributed by atoms with E-state index in [1.807, 2.05) is 37.3 Å². The van der Waals surface area contributed by atoms with Crippen molar-refractivity contribution in [2.45, 2.75) is 19.8 Å². The molecule has 166 valence electrons.